The summed E-state index contributed by atoms with van der Waals surface area (Å²) in [6.45, 7) is 2.03. The fourth-order valence-corrected chi connectivity index (χ4v) is 5.28. The zero-order valence-corrected chi connectivity index (χ0v) is 17.9. The van der Waals surface area contributed by atoms with Crippen LogP contribution in [0.2, 0.25) is 0 Å². The van der Waals surface area contributed by atoms with E-state index in [1.807, 2.05) is 46.0 Å². The molecule has 0 radical (unpaired) electrons. The first-order valence-electron chi connectivity index (χ1n) is 10.6. The van der Waals surface area contributed by atoms with Gasteiger partial charge in [0.2, 0.25) is 0 Å². The third-order valence-corrected chi connectivity index (χ3v) is 6.92. The van der Waals surface area contributed by atoms with Crippen molar-refractivity contribution < 1.29 is 9.59 Å². The SMILES string of the molecule is O=C(NC[C@@H]1CC[C@@H]2CN(C(=O)c3cccnc3)c3ccccc3CN21)c1ccsc1. The Labute approximate surface area is 185 Å². The average molecular weight is 433 g/mol. The topological polar surface area (TPSA) is 65.5 Å². The van der Waals surface area contributed by atoms with Gasteiger partial charge in [0, 0.05) is 60.7 Å². The molecule has 1 aromatic carbocycles. The average Bonchev–Trinajstić information content (AvgIpc) is 3.44. The fourth-order valence-electron chi connectivity index (χ4n) is 4.65. The van der Waals surface area contributed by atoms with E-state index in [1.165, 1.54) is 11.3 Å². The number of thiophene rings is 1. The predicted octanol–water partition coefficient (Wildman–Crippen LogP) is 3.57. The Balaban J connectivity index is 1.37. The Kier molecular flexibility index (Phi) is 5.53. The standard InChI is InChI=1S/C24H24N4O2S/c29-23(19-9-11-31-16-19)26-13-20-7-8-21-15-28(24(30)17-5-3-10-25-12-17)22-6-2-1-4-18(22)14-27(20)21/h1-6,9-12,16,20-21H,7-8,13-15H2,(H,26,29)/t20-,21+/m0/s1. The van der Waals surface area contributed by atoms with Crippen LogP contribution in [0.5, 0.6) is 0 Å². The first-order chi connectivity index (χ1) is 15.2. The van der Waals surface area contributed by atoms with Crippen molar-refractivity contribution in [1.29, 1.82) is 0 Å². The van der Waals surface area contributed by atoms with Crippen molar-refractivity contribution in [2.24, 2.45) is 0 Å². The van der Waals surface area contributed by atoms with E-state index in [0.717, 1.165) is 30.6 Å². The number of carbonyl (C=O) groups excluding carboxylic acids is 2. The molecule has 31 heavy (non-hydrogen) atoms. The first kappa shape index (κ1) is 19.9. The Morgan fingerprint density at radius 1 is 1.10 bits per heavy atom. The molecule has 7 heteroatoms. The van der Waals surface area contributed by atoms with Crippen LogP contribution in [-0.2, 0) is 6.54 Å². The Morgan fingerprint density at radius 3 is 2.81 bits per heavy atom. The predicted molar refractivity (Wildman–Crippen MR) is 121 cm³/mol. The fraction of sp³-hybridized carbons (Fsp3) is 0.292. The normalized spacial score (nSPS) is 20.6. The van der Waals surface area contributed by atoms with Gasteiger partial charge in [0.15, 0.2) is 0 Å². The lowest BCUT2D eigenvalue weighted by molar-refractivity contribution is 0.0934. The van der Waals surface area contributed by atoms with Crippen LogP contribution in [-0.4, -0.2) is 46.9 Å². The Bertz CT molecular complexity index is 1070. The van der Waals surface area contributed by atoms with Crippen molar-refractivity contribution in [3.63, 3.8) is 0 Å². The van der Waals surface area contributed by atoms with Gasteiger partial charge in [-0.2, -0.15) is 11.3 Å². The molecule has 1 N–H and O–H groups in total. The molecular weight excluding hydrogens is 408 g/mol. The van der Waals surface area contributed by atoms with E-state index in [-0.39, 0.29) is 23.9 Å². The van der Waals surface area contributed by atoms with Gasteiger partial charge in [-0.15, -0.1) is 0 Å². The number of carbonyl (C=O) groups is 2. The van der Waals surface area contributed by atoms with Gasteiger partial charge < -0.3 is 10.2 Å². The van der Waals surface area contributed by atoms with Crippen molar-refractivity contribution in [2.45, 2.75) is 31.5 Å². The number of amides is 2. The summed E-state index contributed by atoms with van der Waals surface area (Å²) in [5.41, 5.74) is 3.42. The number of nitrogens with one attached hydrogen (secondary N) is 1. The molecule has 6 nitrogen and oxygen atoms in total. The Morgan fingerprint density at radius 2 is 2.00 bits per heavy atom. The van der Waals surface area contributed by atoms with Crippen LogP contribution in [0.1, 0.15) is 39.1 Å². The highest BCUT2D eigenvalue weighted by molar-refractivity contribution is 7.08. The van der Waals surface area contributed by atoms with Crippen molar-refractivity contribution >= 4 is 28.8 Å². The summed E-state index contributed by atoms with van der Waals surface area (Å²) in [7, 11) is 0. The van der Waals surface area contributed by atoms with E-state index in [2.05, 4.69) is 21.3 Å². The van der Waals surface area contributed by atoms with Gasteiger partial charge in [-0.05, 0) is 48.1 Å². The molecule has 0 aliphatic carbocycles. The van der Waals surface area contributed by atoms with E-state index < -0.39 is 0 Å². The van der Waals surface area contributed by atoms with Gasteiger partial charge in [0.1, 0.15) is 0 Å². The molecule has 0 unspecified atom stereocenters. The number of pyridine rings is 1. The summed E-state index contributed by atoms with van der Waals surface area (Å²) in [5.74, 6) is -0.0371. The van der Waals surface area contributed by atoms with Crippen LogP contribution in [0.3, 0.4) is 0 Å². The van der Waals surface area contributed by atoms with Gasteiger partial charge in [-0.3, -0.25) is 19.5 Å². The molecule has 3 aromatic rings. The highest BCUT2D eigenvalue weighted by atomic mass is 32.1. The third-order valence-electron chi connectivity index (χ3n) is 6.24. The monoisotopic (exact) mass is 432 g/mol. The molecule has 0 saturated carbocycles. The molecule has 2 aliphatic heterocycles. The number of nitrogens with zero attached hydrogens (tertiary/aromatic N) is 3. The van der Waals surface area contributed by atoms with Crippen LogP contribution < -0.4 is 10.2 Å². The van der Waals surface area contributed by atoms with Crippen LogP contribution in [0.4, 0.5) is 5.69 Å². The van der Waals surface area contributed by atoms with Gasteiger partial charge >= 0.3 is 0 Å². The first-order valence-corrected chi connectivity index (χ1v) is 11.5. The van der Waals surface area contributed by atoms with Crippen molar-refractivity contribution in [3.05, 3.63) is 82.3 Å². The maximum absolute atomic E-state index is 13.3. The third kappa shape index (κ3) is 3.98. The molecule has 2 aliphatic rings. The molecule has 0 bridgehead atoms. The highest BCUT2D eigenvalue weighted by Gasteiger charge is 2.39. The number of fused-ring (bicyclic) bond motifs is 2. The van der Waals surface area contributed by atoms with E-state index >= 15 is 0 Å². The van der Waals surface area contributed by atoms with Gasteiger partial charge in [-0.25, -0.2) is 0 Å². The molecule has 1 saturated heterocycles. The Hall–Kier alpha value is -3.03. The van der Waals surface area contributed by atoms with Gasteiger partial charge in [0.05, 0.1) is 5.56 Å². The highest BCUT2D eigenvalue weighted by Crippen LogP contribution is 2.35. The zero-order valence-electron chi connectivity index (χ0n) is 17.1. The van der Waals surface area contributed by atoms with E-state index in [0.29, 0.717) is 24.2 Å². The minimum Gasteiger partial charge on any atom is -0.350 e. The minimum atomic E-state index is -0.0201. The maximum atomic E-state index is 13.3. The van der Waals surface area contributed by atoms with E-state index in [4.69, 9.17) is 0 Å². The number of aromatic nitrogens is 1. The molecule has 2 atom stereocenters. The number of rotatable bonds is 4. The summed E-state index contributed by atoms with van der Waals surface area (Å²) in [5, 5.41) is 6.89. The quantitative estimate of drug-likeness (QED) is 0.685. The van der Waals surface area contributed by atoms with Crippen LogP contribution in [0.15, 0.2) is 65.6 Å². The molecule has 0 spiro atoms. The van der Waals surface area contributed by atoms with Crippen molar-refractivity contribution in [1.82, 2.24) is 15.2 Å². The molecule has 1 fully saturated rings. The van der Waals surface area contributed by atoms with Gasteiger partial charge in [0.25, 0.3) is 11.8 Å². The minimum absolute atomic E-state index is 0.0170. The van der Waals surface area contributed by atoms with Crippen LogP contribution >= 0.6 is 11.3 Å². The molecule has 5 rings (SSSR count). The smallest absolute Gasteiger partial charge is 0.259 e. The second-order valence-electron chi connectivity index (χ2n) is 8.07. The summed E-state index contributed by atoms with van der Waals surface area (Å²) in [6.07, 6.45) is 5.32. The number of para-hydroxylation sites is 1. The molecule has 2 amide bonds. The maximum Gasteiger partial charge on any atom is 0.259 e. The molecular formula is C24H24N4O2S. The van der Waals surface area contributed by atoms with Gasteiger partial charge in [-0.1, -0.05) is 18.2 Å². The van der Waals surface area contributed by atoms with Crippen LogP contribution in [0, 0.1) is 0 Å². The molecule has 2 aromatic heterocycles. The van der Waals surface area contributed by atoms with E-state index in [1.54, 1.807) is 18.5 Å². The van der Waals surface area contributed by atoms with E-state index in [9.17, 15) is 9.59 Å². The van der Waals surface area contributed by atoms with Crippen LogP contribution in [0.25, 0.3) is 0 Å². The molecule has 158 valence electrons. The van der Waals surface area contributed by atoms with Crippen molar-refractivity contribution in [2.75, 3.05) is 18.0 Å². The number of anilines is 1. The lowest BCUT2D eigenvalue weighted by Crippen LogP contribution is -2.45. The summed E-state index contributed by atoms with van der Waals surface area (Å²) in [4.78, 5) is 34.2. The second-order valence-corrected chi connectivity index (χ2v) is 8.85. The number of hydrogen-bond donors (Lipinski definition) is 1. The lowest BCUT2D eigenvalue weighted by atomic mass is 10.1. The summed E-state index contributed by atoms with van der Waals surface area (Å²) >= 11 is 1.53. The summed E-state index contributed by atoms with van der Waals surface area (Å²) < 4.78 is 0. The number of benzene rings is 1. The summed E-state index contributed by atoms with van der Waals surface area (Å²) in [6, 6.07) is 14.1. The lowest BCUT2D eigenvalue weighted by Gasteiger charge is -2.29. The second kappa shape index (κ2) is 8.61. The largest absolute Gasteiger partial charge is 0.350 e. The molecule has 4 heterocycles. The van der Waals surface area contributed by atoms with Crippen molar-refractivity contribution in [3.8, 4) is 0 Å². The number of hydrogen-bond acceptors (Lipinski definition) is 5. The zero-order chi connectivity index (χ0) is 21.2.